The van der Waals surface area contributed by atoms with Crippen LogP contribution in [-0.2, 0) is 0 Å². The molecule has 0 aliphatic carbocycles. The zero-order valence-corrected chi connectivity index (χ0v) is 10.3. The molecular weight excluding hydrogens is 373 g/mol. The van der Waals surface area contributed by atoms with E-state index < -0.39 is 12.3 Å². The molecule has 0 bridgehead atoms. The Labute approximate surface area is 100 Å². The van der Waals surface area contributed by atoms with Crippen molar-refractivity contribution < 1.29 is 13.6 Å². The van der Waals surface area contributed by atoms with Crippen molar-refractivity contribution in [2.24, 2.45) is 5.73 Å². The van der Waals surface area contributed by atoms with E-state index in [4.69, 9.17) is 5.73 Å². The molecule has 0 spiro atoms. The van der Waals surface area contributed by atoms with Crippen LogP contribution in [0.25, 0.3) is 0 Å². The molecule has 1 amide bonds. The van der Waals surface area contributed by atoms with Crippen LogP contribution in [0.1, 0.15) is 22.5 Å². The number of amides is 1. The second kappa shape index (κ2) is 4.47. The average Bonchev–Trinajstić information content (AvgIpc) is 2.01. The summed E-state index contributed by atoms with van der Waals surface area (Å²) < 4.78 is 24.9. The molecule has 0 aliphatic rings. The van der Waals surface area contributed by atoms with Crippen molar-refractivity contribution in [3.05, 3.63) is 25.5 Å². The van der Waals surface area contributed by atoms with Crippen LogP contribution >= 0.6 is 38.5 Å². The van der Waals surface area contributed by atoms with Crippen LogP contribution in [0.3, 0.4) is 0 Å². The number of hydrogen-bond acceptors (Lipinski definition) is 2. The predicted octanol–water partition coefficient (Wildman–Crippen LogP) is 2.49. The molecule has 0 atom stereocenters. The Bertz CT molecular complexity index is 363. The smallest absolute Gasteiger partial charge is 0.280 e. The Balaban J connectivity index is 3.32. The fourth-order valence-electron chi connectivity index (χ4n) is 0.833. The van der Waals surface area contributed by atoms with Crippen LogP contribution < -0.4 is 5.73 Å². The van der Waals surface area contributed by atoms with Gasteiger partial charge in [-0.3, -0.25) is 4.79 Å². The maximum Gasteiger partial charge on any atom is 0.280 e. The van der Waals surface area contributed by atoms with Crippen LogP contribution in [-0.4, -0.2) is 10.9 Å². The molecule has 1 aromatic rings. The summed E-state index contributed by atoms with van der Waals surface area (Å²) in [4.78, 5) is 14.4. The van der Waals surface area contributed by atoms with E-state index in [0.717, 1.165) is 6.07 Å². The molecule has 7 heteroatoms. The molecule has 76 valence electrons. The molecule has 3 nitrogen and oxygen atoms in total. The van der Waals surface area contributed by atoms with Crippen molar-refractivity contribution in [2.75, 3.05) is 0 Å². The van der Waals surface area contributed by atoms with Crippen molar-refractivity contribution in [3.63, 3.8) is 0 Å². The predicted molar refractivity (Wildman–Crippen MR) is 58.1 cm³/mol. The number of carbonyl (C=O) groups is 1. The van der Waals surface area contributed by atoms with E-state index in [0.29, 0.717) is 0 Å². The molecule has 0 fully saturated rings. The summed E-state index contributed by atoms with van der Waals surface area (Å²) in [5.41, 5.74) is 4.78. The topological polar surface area (TPSA) is 56.0 Å². The summed E-state index contributed by atoms with van der Waals surface area (Å²) >= 11 is 4.67. The van der Waals surface area contributed by atoms with Crippen LogP contribution in [0.4, 0.5) is 8.78 Å². The Hall–Kier alpha value is -0.310. The van der Waals surface area contributed by atoms with Crippen LogP contribution in [0.15, 0.2) is 10.5 Å². The van der Waals surface area contributed by atoms with E-state index in [1.54, 1.807) is 22.6 Å². The van der Waals surface area contributed by atoms with Crippen molar-refractivity contribution >= 4 is 44.4 Å². The lowest BCUT2D eigenvalue weighted by Gasteiger charge is -2.05. The van der Waals surface area contributed by atoms with Gasteiger partial charge in [-0.2, -0.15) is 0 Å². The largest absolute Gasteiger partial charge is 0.365 e. The van der Waals surface area contributed by atoms with Crippen molar-refractivity contribution in [2.45, 2.75) is 6.43 Å². The first-order valence-corrected chi connectivity index (χ1v) is 5.24. The first-order chi connectivity index (χ1) is 6.43. The minimum Gasteiger partial charge on any atom is -0.365 e. The number of nitrogens with zero attached hydrogens (tertiary/aromatic N) is 1. The Morgan fingerprint density at radius 1 is 1.64 bits per heavy atom. The highest BCUT2D eigenvalue weighted by molar-refractivity contribution is 14.1. The molecule has 0 saturated carbocycles. The quantitative estimate of drug-likeness (QED) is 0.636. The number of primary amides is 1. The van der Waals surface area contributed by atoms with Gasteiger partial charge in [0.05, 0.1) is 5.56 Å². The first-order valence-electron chi connectivity index (χ1n) is 3.37. The van der Waals surface area contributed by atoms with E-state index >= 15 is 0 Å². The minimum atomic E-state index is -2.67. The molecule has 0 saturated heterocycles. The Morgan fingerprint density at radius 3 is 2.57 bits per heavy atom. The number of halogens is 4. The molecular formula is C7H4BrF2IN2O. The second-order valence-corrected chi connectivity index (χ2v) is 4.24. The van der Waals surface area contributed by atoms with Crippen LogP contribution in [0, 0.1) is 3.70 Å². The SMILES string of the molecule is NC(=O)c1c(Br)cc(C(F)F)nc1I. The Morgan fingerprint density at radius 2 is 2.21 bits per heavy atom. The van der Waals surface area contributed by atoms with Gasteiger partial charge in [0.25, 0.3) is 12.3 Å². The van der Waals surface area contributed by atoms with Crippen molar-refractivity contribution in [1.82, 2.24) is 4.98 Å². The third-order valence-corrected chi connectivity index (χ3v) is 2.82. The fourth-order valence-corrected chi connectivity index (χ4v) is 2.66. The molecule has 0 radical (unpaired) electrons. The zero-order valence-electron chi connectivity index (χ0n) is 6.60. The molecule has 1 heterocycles. The van der Waals surface area contributed by atoms with Crippen LogP contribution in [0.5, 0.6) is 0 Å². The molecule has 0 aromatic carbocycles. The number of carbonyl (C=O) groups excluding carboxylic acids is 1. The van der Waals surface area contributed by atoms with Gasteiger partial charge in [0.1, 0.15) is 9.39 Å². The summed E-state index contributed by atoms with van der Waals surface area (Å²) in [6.07, 6.45) is -2.67. The molecule has 14 heavy (non-hydrogen) atoms. The minimum absolute atomic E-state index is 0.120. The van der Waals surface area contributed by atoms with Crippen molar-refractivity contribution in [3.8, 4) is 0 Å². The lowest BCUT2D eigenvalue weighted by atomic mass is 10.2. The number of nitrogens with two attached hydrogens (primary N) is 1. The lowest BCUT2D eigenvalue weighted by molar-refractivity contribution is 0.0997. The third kappa shape index (κ3) is 2.38. The van der Waals surface area contributed by atoms with E-state index in [2.05, 4.69) is 20.9 Å². The van der Waals surface area contributed by atoms with E-state index in [1.807, 2.05) is 0 Å². The molecule has 1 rings (SSSR count). The molecule has 1 aromatic heterocycles. The number of hydrogen-bond donors (Lipinski definition) is 1. The average molecular weight is 377 g/mol. The van der Waals surface area contributed by atoms with E-state index in [9.17, 15) is 13.6 Å². The van der Waals surface area contributed by atoms with Gasteiger partial charge in [-0.25, -0.2) is 13.8 Å². The van der Waals surface area contributed by atoms with Crippen molar-refractivity contribution in [1.29, 1.82) is 0 Å². The normalized spacial score (nSPS) is 10.6. The summed E-state index contributed by atoms with van der Waals surface area (Å²) in [6, 6.07) is 1.09. The van der Waals surface area contributed by atoms with E-state index in [1.165, 1.54) is 0 Å². The molecule has 0 unspecified atom stereocenters. The summed E-state index contributed by atoms with van der Waals surface area (Å²) in [5, 5.41) is 0. The fraction of sp³-hybridized carbons (Fsp3) is 0.143. The number of alkyl halides is 2. The van der Waals surface area contributed by atoms with Gasteiger partial charge in [-0.15, -0.1) is 0 Å². The second-order valence-electron chi connectivity index (χ2n) is 2.36. The van der Waals surface area contributed by atoms with E-state index in [-0.39, 0.29) is 19.4 Å². The van der Waals surface area contributed by atoms with Gasteiger partial charge in [0, 0.05) is 4.47 Å². The Kier molecular flexibility index (Phi) is 3.76. The van der Waals surface area contributed by atoms with Gasteiger partial charge < -0.3 is 5.73 Å². The monoisotopic (exact) mass is 376 g/mol. The number of aromatic nitrogens is 1. The number of pyridine rings is 1. The van der Waals surface area contributed by atoms with Crippen LogP contribution in [0.2, 0.25) is 0 Å². The zero-order chi connectivity index (χ0) is 10.9. The van der Waals surface area contributed by atoms with Gasteiger partial charge >= 0.3 is 0 Å². The third-order valence-electron chi connectivity index (χ3n) is 1.42. The van der Waals surface area contributed by atoms with Gasteiger partial charge in [-0.05, 0) is 44.6 Å². The number of rotatable bonds is 2. The maximum atomic E-state index is 12.3. The maximum absolute atomic E-state index is 12.3. The standard InChI is InChI=1S/C7H4BrF2IN2O/c8-2-1-3(5(9)10)13-6(11)4(2)7(12)14/h1,5H,(H2,12,14). The lowest BCUT2D eigenvalue weighted by Crippen LogP contribution is -2.15. The first kappa shape index (κ1) is 11.8. The molecule has 0 aliphatic heterocycles. The van der Waals surface area contributed by atoms with Gasteiger partial charge in [0.15, 0.2) is 0 Å². The molecule has 2 N–H and O–H groups in total. The summed E-state index contributed by atoms with van der Waals surface area (Å²) in [7, 11) is 0. The van der Waals surface area contributed by atoms with Gasteiger partial charge in [-0.1, -0.05) is 0 Å². The summed E-state index contributed by atoms with van der Waals surface area (Å²) in [5.74, 6) is -0.699. The highest BCUT2D eigenvalue weighted by atomic mass is 127. The highest BCUT2D eigenvalue weighted by Crippen LogP contribution is 2.26. The highest BCUT2D eigenvalue weighted by Gasteiger charge is 2.17. The van der Waals surface area contributed by atoms with Gasteiger partial charge in [0.2, 0.25) is 0 Å². The summed E-state index contributed by atoms with van der Waals surface area (Å²) in [6.45, 7) is 0.